The van der Waals surface area contributed by atoms with Crippen LogP contribution in [-0.4, -0.2) is 38.0 Å². The van der Waals surface area contributed by atoms with E-state index in [1.54, 1.807) is 25.8 Å². The SMILES string of the molecule is Cc1nc(C)c(CC(=O)N(C)Cc2n[nH]c3c2CCC3)c(=O)[nH]1. The van der Waals surface area contributed by atoms with Gasteiger partial charge in [-0.2, -0.15) is 5.10 Å². The van der Waals surface area contributed by atoms with E-state index in [1.165, 1.54) is 11.3 Å². The third-order valence-electron chi connectivity index (χ3n) is 4.37. The minimum atomic E-state index is -0.239. The smallest absolute Gasteiger partial charge is 0.254 e. The van der Waals surface area contributed by atoms with Gasteiger partial charge in [0.2, 0.25) is 5.91 Å². The van der Waals surface area contributed by atoms with Gasteiger partial charge in [-0.25, -0.2) is 4.98 Å². The van der Waals surface area contributed by atoms with E-state index in [1.807, 2.05) is 0 Å². The van der Waals surface area contributed by atoms with Gasteiger partial charge in [-0.1, -0.05) is 0 Å². The molecule has 1 aliphatic carbocycles. The fourth-order valence-corrected chi connectivity index (χ4v) is 3.08. The molecular weight excluding hydrogens is 294 g/mol. The quantitative estimate of drug-likeness (QED) is 0.872. The van der Waals surface area contributed by atoms with Crippen LogP contribution in [0.3, 0.4) is 0 Å². The lowest BCUT2D eigenvalue weighted by molar-refractivity contribution is -0.129. The summed E-state index contributed by atoms with van der Waals surface area (Å²) in [5.41, 5.74) is 4.17. The van der Waals surface area contributed by atoms with E-state index in [0.717, 1.165) is 25.0 Å². The van der Waals surface area contributed by atoms with Crippen LogP contribution in [0, 0.1) is 13.8 Å². The molecule has 23 heavy (non-hydrogen) atoms. The summed E-state index contributed by atoms with van der Waals surface area (Å²) < 4.78 is 0. The number of aromatic nitrogens is 4. The molecule has 2 heterocycles. The fraction of sp³-hybridized carbons (Fsp3) is 0.500. The first-order valence-electron chi connectivity index (χ1n) is 7.81. The van der Waals surface area contributed by atoms with Crippen molar-refractivity contribution in [2.24, 2.45) is 0 Å². The number of rotatable bonds is 4. The number of nitrogens with one attached hydrogen (secondary N) is 2. The highest BCUT2D eigenvalue weighted by Crippen LogP contribution is 2.23. The van der Waals surface area contributed by atoms with E-state index in [0.29, 0.717) is 23.6 Å². The van der Waals surface area contributed by atoms with Gasteiger partial charge < -0.3 is 9.88 Å². The third kappa shape index (κ3) is 3.04. The van der Waals surface area contributed by atoms with Gasteiger partial charge in [0.05, 0.1) is 18.7 Å². The highest BCUT2D eigenvalue weighted by Gasteiger charge is 2.21. The molecule has 1 aliphatic rings. The Balaban J connectivity index is 1.72. The first-order valence-corrected chi connectivity index (χ1v) is 7.81. The first-order chi connectivity index (χ1) is 11.0. The minimum Gasteiger partial charge on any atom is -0.339 e. The predicted octanol–water partition coefficient (Wildman–Crippen LogP) is 0.800. The number of carbonyl (C=O) groups excluding carboxylic acids is 1. The molecule has 0 spiro atoms. The summed E-state index contributed by atoms with van der Waals surface area (Å²) in [4.78, 5) is 32.9. The Morgan fingerprint density at radius 1 is 1.30 bits per heavy atom. The largest absolute Gasteiger partial charge is 0.339 e. The Hall–Kier alpha value is -2.44. The number of H-pyrrole nitrogens is 2. The van der Waals surface area contributed by atoms with Gasteiger partial charge in [0.25, 0.3) is 5.56 Å². The Labute approximate surface area is 134 Å². The second-order valence-corrected chi connectivity index (χ2v) is 6.12. The number of likely N-dealkylation sites (N-methyl/N-ethyl adjacent to an activating group) is 1. The van der Waals surface area contributed by atoms with Crippen LogP contribution < -0.4 is 5.56 Å². The van der Waals surface area contributed by atoms with Crippen LogP contribution in [0.4, 0.5) is 0 Å². The monoisotopic (exact) mass is 315 g/mol. The number of aromatic amines is 2. The molecule has 2 aromatic heterocycles. The van der Waals surface area contributed by atoms with Crippen molar-refractivity contribution >= 4 is 5.91 Å². The molecular formula is C16H21N5O2. The minimum absolute atomic E-state index is 0.0531. The van der Waals surface area contributed by atoms with Crippen molar-refractivity contribution in [1.82, 2.24) is 25.1 Å². The summed E-state index contributed by atoms with van der Waals surface area (Å²) >= 11 is 0. The number of hydrogen-bond donors (Lipinski definition) is 2. The molecule has 0 unspecified atom stereocenters. The van der Waals surface area contributed by atoms with Crippen molar-refractivity contribution in [1.29, 1.82) is 0 Å². The zero-order valence-corrected chi connectivity index (χ0v) is 13.7. The molecule has 0 saturated heterocycles. The normalized spacial score (nSPS) is 13.2. The van der Waals surface area contributed by atoms with Gasteiger partial charge >= 0.3 is 0 Å². The molecule has 0 atom stereocenters. The van der Waals surface area contributed by atoms with Crippen LogP contribution in [-0.2, 0) is 30.6 Å². The number of amides is 1. The summed E-state index contributed by atoms with van der Waals surface area (Å²) in [6.07, 6.45) is 3.24. The maximum atomic E-state index is 12.4. The number of hydrogen-bond acceptors (Lipinski definition) is 4. The molecule has 0 saturated carbocycles. The summed E-state index contributed by atoms with van der Waals surface area (Å²) in [7, 11) is 1.74. The first kappa shape index (κ1) is 15.5. The Bertz CT molecular complexity index is 805. The highest BCUT2D eigenvalue weighted by molar-refractivity contribution is 5.78. The number of aryl methyl sites for hydroxylation is 3. The second-order valence-electron chi connectivity index (χ2n) is 6.12. The molecule has 7 nitrogen and oxygen atoms in total. The average Bonchev–Trinajstić information content (AvgIpc) is 3.07. The maximum Gasteiger partial charge on any atom is 0.254 e. The van der Waals surface area contributed by atoms with Crippen LogP contribution >= 0.6 is 0 Å². The van der Waals surface area contributed by atoms with E-state index < -0.39 is 0 Å². The molecule has 7 heteroatoms. The predicted molar refractivity (Wildman–Crippen MR) is 85.1 cm³/mol. The van der Waals surface area contributed by atoms with E-state index in [4.69, 9.17) is 0 Å². The molecule has 0 fully saturated rings. The van der Waals surface area contributed by atoms with E-state index in [9.17, 15) is 9.59 Å². The van der Waals surface area contributed by atoms with Crippen molar-refractivity contribution in [3.63, 3.8) is 0 Å². The fourth-order valence-electron chi connectivity index (χ4n) is 3.08. The van der Waals surface area contributed by atoms with Crippen molar-refractivity contribution in [2.45, 2.75) is 46.1 Å². The molecule has 0 aliphatic heterocycles. The standard InChI is InChI=1S/C16H21N5O2/c1-9-12(16(23)18-10(2)17-9)7-15(22)21(3)8-14-11-5-4-6-13(11)19-20-14/h4-8H2,1-3H3,(H,19,20)(H,17,18,23). The van der Waals surface area contributed by atoms with Crippen LogP contribution in [0.15, 0.2) is 4.79 Å². The van der Waals surface area contributed by atoms with Gasteiger partial charge in [-0.15, -0.1) is 0 Å². The summed E-state index contributed by atoms with van der Waals surface area (Å²) in [6.45, 7) is 3.94. The van der Waals surface area contributed by atoms with E-state index in [2.05, 4.69) is 20.2 Å². The maximum absolute atomic E-state index is 12.4. The molecule has 0 radical (unpaired) electrons. The zero-order chi connectivity index (χ0) is 16.6. The van der Waals surface area contributed by atoms with Crippen molar-refractivity contribution in [3.05, 3.63) is 44.4 Å². The molecule has 1 amide bonds. The van der Waals surface area contributed by atoms with Gasteiger partial charge in [0.15, 0.2) is 0 Å². The van der Waals surface area contributed by atoms with Gasteiger partial charge in [-0.3, -0.25) is 14.7 Å². The molecule has 122 valence electrons. The molecule has 3 rings (SSSR count). The topological polar surface area (TPSA) is 94.7 Å². The molecule has 2 N–H and O–H groups in total. The lowest BCUT2D eigenvalue weighted by atomic mass is 10.1. The lowest BCUT2D eigenvalue weighted by Gasteiger charge is -2.17. The van der Waals surface area contributed by atoms with E-state index in [-0.39, 0.29) is 17.9 Å². The zero-order valence-electron chi connectivity index (χ0n) is 13.7. The molecule has 2 aromatic rings. The van der Waals surface area contributed by atoms with Crippen molar-refractivity contribution in [3.8, 4) is 0 Å². The number of nitrogens with zero attached hydrogens (tertiary/aromatic N) is 3. The highest BCUT2D eigenvalue weighted by atomic mass is 16.2. The Morgan fingerprint density at radius 3 is 2.83 bits per heavy atom. The van der Waals surface area contributed by atoms with Crippen molar-refractivity contribution < 1.29 is 4.79 Å². The lowest BCUT2D eigenvalue weighted by Crippen LogP contribution is -2.31. The number of carbonyl (C=O) groups is 1. The Kier molecular flexibility index (Phi) is 4.02. The summed E-state index contributed by atoms with van der Waals surface area (Å²) in [6, 6.07) is 0. The number of fused-ring (bicyclic) bond motifs is 1. The molecule has 0 bridgehead atoms. The third-order valence-corrected chi connectivity index (χ3v) is 4.37. The average molecular weight is 315 g/mol. The van der Waals surface area contributed by atoms with E-state index >= 15 is 0 Å². The van der Waals surface area contributed by atoms with Crippen LogP contribution in [0.25, 0.3) is 0 Å². The van der Waals surface area contributed by atoms with Gasteiger partial charge in [0.1, 0.15) is 5.82 Å². The second kappa shape index (κ2) is 5.98. The summed E-state index contributed by atoms with van der Waals surface area (Å²) in [5.74, 6) is 0.447. The Morgan fingerprint density at radius 2 is 2.09 bits per heavy atom. The van der Waals surface area contributed by atoms with Gasteiger partial charge in [0, 0.05) is 24.0 Å². The van der Waals surface area contributed by atoms with Crippen LogP contribution in [0.2, 0.25) is 0 Å². The molecule has 0 aromatic carbocycles. The summed E-state index contributed by atoms with van der Waals surface area (Å²) in [5, 5.41) is 7.37. The van der Waals surface area contributed by atoms with Crippen LogP contribution in [0.5, 0.6) is 0 Å². The van der Waals surface area contributed by atoms with Gasteiger partial charge in [-0.05, 0) is 38.7 Å². The van der Waals surface area contributed by atoms with Crippen LogP contribution in [0.1, 0.15) is 40.5 Å². The van der Waals surface area contributed by atoms with Crippen molar-refractivity contribution in [2.75, 3.05) is 7.05 Å².